The number of benzene rings is 1. The van der Waals surface area contributed by atoms with E-state index < -0.39 is 0 Å². The summed E-state index contributed by atoms with van der Waals surface area (Å²) in [5.41, 5.74) is 1.42. The standard InChI is InChI=1S/C12H10Br2N2O3/c1-7-2-3-8(4-11(7)16(17)18)15-6-9-5-10(13)12(14)19-9/h2-5,15H,6H2,1H3. The summed E-state index contributed by atoms with van der Waals surface area (Å²) in [7, 11) is 0. The summed E-state index contributed by atoms with van der Waals surface area (Å²) in [5, 5.41) is 13.9. The normalized spacial score (nSPS) is 10.5. The van der Waals surface area contributed by atoms with Crippen molar-refractivity contribution in [2.45, 2.75) is 13.5 Å². The first-order valence-electron chi connectivity index (χ1n) is 5.40. The van der Waals surface area contributed by atoms with Crippen molar-refractivity contribution in [3.05, 3.63) is 54.8 Å². The highest BCUT2D eigenvalue weighted by Gasteiger charge is 2.11. The van der Waals surface area contributed by atoms with E-state index in [4.69, 9.17) is 4.42 Å². The lowest BCUT2D eigenvalue weighted by Gasteiger charge is -2.05. The molecule has 0 aliphatic rings. The molecule has 1 aromatic carbocycles. The number of halogens is 2. The average Bonchev–Trinajstić information content (AvgIpc) is 2.67. The minimum atomic E-state index is -0.388. The second-order valence-corrected chi connectivity index (χ2v) is 5.52. The average molecular weight is 390 g/mol. The van der Waals surface area contributed by atoms with E-state index in [9.17, 15) is 10.1 Å². The Kier molecular flexibility index (Phi) is 4.26. The van der Waals surface area contributed by atoms with Crippen LogP contribution in [0.4, 0.5) is 11.4 Å². The Morgan fingerprint density at radius 1 is 1.37 bits per heavy atom. The van der Waals surface area contributed by atoms with Crippen LogP contribution in [0.15, 0.2) is 37.8 Å². The minimum Gasteiger partial charge on any atom is -0.451 e. The number of nitro groups is 1. The van der Waals surface area contributed by atoms with Crippen molar-refractivity contribution in [2.75, 3.05) is 5.32 Å². The first kappa shape index (κ1) is 14.1. The number of nitrogens with one attached hydrogen (secondary N) is 1. The zero-order valence-electron chi connectivity index (χ0n) is 9.94. The van der Waals surface area contributed by atoms with Crippen molar-refractivity contribution in [2.24, 2.45) is 0 Å². The lowest BCUT2D eigenvalue weighted by atomic mass is 10.2. The van der Waals surface area contributed by atoms with Crippen molar-refractivity contribution >= 4 is 43.2 Å². The van der Waals surface area contributed by atoms with Crippen molar-refractivity contribution in [1.29, 1.82) is 0 Å². The van der Waals surface area contributed by atoms with E-state index in [1.54, 1.807) is 19.1 Å². The van der Waals surface area contributed by atoms with Gasteiger partial charge in [-0.25, -0.2) is 0 Å². The molecular formula is C12H10Br2N2O3. The molecule has 0 radical (unpaired) electrons. The van der Waals surface area contributed by atoms with Crippen LogP contribution < -0.4 is 5.32 Å². The number of furan rings is 1. The second kappa shape index (κ2) is 5.75. The number of hydrogen-bond acceptors (Lipinski definition) is 4. The zero-order valence-corrected chi connectivity index (χ0v) is 13.1. The van der Waals surface area contributed by atoms with Gasteiger partial charge < -0.3 is 9.73 Å². The molecule has 0 unspecified atom stereocenters. The molecule has 1 aromatic heterocycles. The molecule has 0 aliphatic heterocycles. The molecule has 19 heavy (non-hydrogen) atoms. The van der Waals surface area contributed by atoms with Gasteiger partial charge in [0.15, 0.2) is 4.67 Å². The Balaban J connectivity index is 2.11. The van der Waals surface area contributed by atoms with Crippen molar-refractivity contribution < 1.29 is 9.34 Å². The van der Waals surface area contributed by atoms with E-state index in [1.807, 2.05) is 6.07 Å². The largest absolute Gasteiger partial charge is 0.451 e. The fraction of sp³-hybridized carbons (Fsp3) is 0.167. The third kappa shape index (κ3) is 3.36. The Bertz CT molecular complexity index is 606. The molecule has 0 aliphatic carbocycles. The number of aryl methyl sites for hydroxylation is 1. The van der Waals surface area contributed by atoms with Crippen LogP contribution in [0.25, 0.3) is 0 Å². The summed E-state index contributed by atoms with van der Waals surface area (Å²) in [6.07, 6.45) is 0. The van der Waals surface area contributed by atoms with Gasteiger partial charge >= 0.3 is 0 Å². The predicted octanol–water partition coefficient (Wildman–Crippen LogP) is 4.63. The van der Waals surface area contributed by atoms with Crippen LogP contribution >= 0.6 is 31.9 Å². The van der Waals surface area contributed by atoms with Crippen molar-refractivity contribution in [1.82, 2.24) is 0 Å². The summed E-state index contributed by atoms with van der Waals surface area (Å²) in [4.78, 5) is 10.5. The quantitative estimate of drug-likeness (QED) is 0.611. The SMILES string of the molecule is Cc1ccc(NCc2cc(Br)c(Br)o2)cc1[N+](=O)[O-]. The van der Waals surface area contributed by atoms with Crippen LogP contribution in [0.1, 0.15) is 11.3 Å². The molecule has 0 fully saturated rings. The molecule has 0 spiro atoms. The summed E-state index contributed by atoms with van der Waals surface area (Å²) in [6, 6.07) is 6.87. The number of hydrogen-bond donors (Lipinski definition) is 1. The monoisotopic (exact) mass is 388 g/mol. The third-order valence-corrected chi connectivity index (χ3v) is 4.28. The van der Waals surface area contributed by atoms with Gasteiger partial charge in [-0.2, -0.15) is 0 Å². The van der Waals surface area contributed by atoms with Crippen molar-refractivity contribution in [3.63, 3.8) is 0 Å². The highest BCUT2D eigenvalue weighted by molar-refractivity contribution is 9.13. The van der Waals surface area contributed by atoms with Gasteiger partial charge in [-0.1, -0.05) is 6.07 Å². The van der Waals surface area contributed by atoms with E-state index in [0.29, 0.717) is 22.5 Å². The fourth-order valence-corrected chi connectivity index (χ4v) is 2.24. The molecule has 2 aromatic rings. The summed E-state index contributed by atoms with van der Waals surface area (Å²) < 4.78 is 6.87. The highest BCUT2D eigenvalue weighted by Crippen LogP contribution is 2.28. The van der Waals surface area contributed by atoms with E-state index >= 15 is 0 Å². The fourth-order valence-electron chi connectivity index (χ4n) is 1.58. The molecule has 0 amide bonds. The van der Waals surface area contributed by atoms with E-state index in [-0.39, 0.29) is 10.6 Å². The molecule has 0 atom stereocenters. The maximum absolute atomic E-state index is 10.8. The first-order chi connectivity index (χ1) is 8.97. The topological polar surface area (TPSA) is 68.3 Å². The number of anilines is 1. The zero-order chi connectivity index (χ0) is 14.0. The third-order valence-electron chi connectivity index (χ3n) is 2.57. The molecule has 7 heteroatoms. The Hall–Kier alpha value is -1.34. The van der Waals surface area contributed by atoms with Gasteiger partial charge in [0.2, 0.25) is 0 Å². The van der Waals surface area contributed by atoms with Crippen molar-refractivity contribution in [3.8, 4) is 0 Å². The van der Waals surface area contributed by atoms with Gasteiger partial charge in [-0.15, -0.1) is 0 Å². The Labute approximate surface area is 126 Å². The number of rotatable bonds is 4. The molecule has 2 rings (SSSR count). The molecule has 0 saturated heterocycles. The van der Waals surface area contributed by atoms with Gasteiger partial charge in [0.05, 0.1) is 15.9 Å². The minimum absolute atomic E-state index is 0.104. The van der Waals surface area contributed by atoms with E-state index in [1.165, 1.54) is 6.07 Å². The molecule has 5 nitrogen and oxygen atoms in total. The molecule has 0 saturated carbocycles. The number of nitro benzene ring substituents is 1. The Morgan fingerprint density at radius 3 is 2.68 bits per heavy atom. The Morgan fingerprint density at radius 2 is 2.11 bits per heavy atom. The molecule has 100 valence electrons. The van der Waals surface area contributed by atoms with Crippen LogP contribution in [-0.2, 0) is 6.54 Å². The maximum Gasteiger partial charge on any atom is 0.274 e. The summed E-state index contributed by atoms with van der Waals surface area (Å²) >= 11 is 6.58. The second-order valence-electron chi connectivity index (χ2n) is 3.95. The number of nitrogens with zero attached hydrogens (tertiary/aromatic N) is 1. The van der Waals surface area contributed by atoms with E-state index in [2.05, 4.69) is 37.2 Å². The van der Waals surface area contributed by atoms with Crippen LogP contribution in [-0.4, -0.2) is 4.92 Å². The molecule has 1 heterocycles. The van der Waals surface area contributed by atoms with Gasteiger partial charge in [-0.3, -0.25) is 10.1 Å². The predicted molar refractivity (Wildman–Crippen MR) is 79.3 cm³/mol. The van der Waals surface area contributed by atoms with E-state index in [0.717, 1.165) is 10.2 Å². The van der Waals surface area contributed by atoms with Gasteiger partial charge in [0.1, 0.15) is 5.76 Å². The van der Waals surface area contributed by atoms with Crippen LogP contribution in [0.3, 0.4) is 0 Å². The van der Waals surface area contributed by atoms with Gasteiger partial charge in [0, 0.05) is 17.3 Å². The summed E-state index contributed by atoms with van der Waals surface area (Å²) in [6.45, 7) is 2.16. The van der Waals surface area contributed by atoms with Crippen LogP contribution in [0.5, 0.6) is 0 Å². The maximum atomic E-state index is 10.8. The lowest BCUT2D eigenvalue weighted by Crippen LogP contribution is -1.99. The van der Waals surface area contributed by atoms with Crippen LogP contribution in [0.2, 0.25) is 0 Å². The van der Waals surface area contributed by atoms with Gasteiger partial charge in [-0.05, 0) is 50.9 Å². The lowest BCUT2D eigenvalue weighted by molar-refractivity contribution is -0.385. The molecule has 0 bridgehead atoms. The summed E-state index contributed by atoms with van der Waals surface area (Å²) in [5.74, 6) is 0.724. The molecular weight excluding hydrogens is 380 g/mol. The smallest absolute Gasteiger partial charge is 0.274 e. The van der Waals surface area contributed by atoms with Gasteiger partial charge in [0.25, 0.3) is 5.69 Å². The first-order valence-corrected chi connectivity index (χ1v) is 6.98. The van der Waals surface area contributed by atoms with Crippen LogP contribution in [0, 0.1) is 17.0 Å². The molecule has 1 N–H and O–H groups in total. The highest BCUT2D eigenvalue weighted by atomic mass is 79.9.